The van der Waals surface area contributed by atoms with Gasteiger partial charge in [-0.1, -0.05) is 39.8 Å². The van der Waals surface area contributed by atoms with Gasteiger partial charge in [0.25, 0.3) is 0 Å². The number of thioether (sulfide) groups is 1. The van der Waals surface area contributed by atoms with E-state index in [9.17, 15) is 9.59 Å². The van der Waals surface area contributed by atoms with Crippen molar-refractivity contribution >= 4 is 38.7 Å². The van der Waals surface area contributed by atoms with E-state index in [1.807, 2.05) is 29.2 Å². The maximum Gasteiger partial charge on any atom is 0.223 e. The van der Waals surface area contributed by atoms with Crippen LogP contribution >= 0.6 is 27.7 Å². The molecule has 1 aliphatic rings. The molecule has 1 aromatic rings. The fraction of sp³-hybridized carbons (Fsp3) is 0.467. The zero-order valence-corrected chi connectivity index (χ0v) is 14.0. The molecule has 1 aromatic carbocycles. The van der Waals surface area contributed by atoms with Crippen LogP contribution in [0.2, 0.25) is 0 Å². The van der Waals surface area contributed by atoms with Gasteiger partial charge in [0.05, 0.1) is 6.04 Å². The van der Waals surface area contributed by atoms with Crippen molar-refractivity contribution in [3.63, 3.8) is 0 Å². The normalized spacial score (nSPS) is 20.2. The summed E-state index contributed by atoms with van der Waals surface area (Å²) in [6.45, 7) is 4.38. The molecule has 0 bridgehead atoms. The van der Waals surface area contributed by atoms with Gasteiger partial charge >= 0.3 is 0 Å². The molecule has 5 heteroatoms. The second-order valence-corrected chi connectivity index (χ2v) is 7.26. The van der Waals surface area contributed by atoms with E-state index in [1.165, 1.54) is 11.8 Å². The minimum Gasteiger partial charge on any atom is -0.336 e. The van der Waals surface area contributed by atoms with E-state index in [0.717, 1.165) is 22.3 Å². The molecule has 2 unspecified atom stereocenters. The van der Waals surface area contributed by atoms with Crippen molar-refractivity contribution in [2.45, 2.75) is 26.3 Å². The van der Waals surface area contributed by atoms with E-state index >= 15 is 0 Å². The maximum atomic E-state index is 12.1. The highest BCUT2D eigenvalue weighted by atomic mass is 79.9. The van der Waals surface area contributed by atoms with E-state index < -0.39 is 0 Å². The lowest BCUT2D eigenvalue weighted by Gasteiger charge is -2.25. The molecule has 0 saturated carbocycles. The van der Waals surface area contributed by atoms with Crippen LogP contribution in [0.3, 0.4) is 0 Å². The molecule has 1 saturated heterocycles. The molecule has 1 heterocycles. The Morgan fingerprint density at radius 3 is 2.70 bits per heavy atom. The van der Waals surface area contributed by atoms with E-state index in [-0.39, 0.29) is 23.0 Å². The van der Waals surface area contributed by atoms with Crippen molar-refractivity contribution in [2.75, 3.05) is 12.3 Å². The van der Waals surface area contributed by atoms with Gasteiger partial charge in [-0.2, -0.15) is 0 Å². The summed E-state index contributed by atoms with van der Waals surface area (Å²) in [6.07, 6.45) is 0.557. The number of nitrogens with zero attached hydrogens (tertiary/aromatic N) is 1. The number of amides is 1. The Bertz CT molecular complexity index is 503. The van der Waals surface area contributed by atoms with Crippen molar-refractivity contribution in [3.05, 3.63) is 34.3 Å². The third-order valence-corrected chi connectivity index (χ3v) is 5.15. The van der Waals surface area contributed by atoms with Crippen LogP contribution in [0.5, 0.6) is 0 Å². The number of rotatable bonds is 4. The molecule has 0 spiro atoms. The first kappa shape index (κ1) is 15.6. The van der Waals surface area contributed by atoms with E-state index in [4.69, 9.17) is 0 Å². The summed E-state index contributed by atoms with van der Waals surface area (Å²) in [5, 5.41) is 0.122. The summed E-state index contributed by atoms with van der Waals surface area (Å²) in [4.78, 5) is 25.1. The van der Waals surface area contributed by atoms with Gasteiger partial charge in [-0.05, 0) is 30.5 Å². The van der Waals surface area contributed by atoms with Crippen LogP contribution in [0.25, 0.3) is 0 Å². The zero-order chi connectivity index (χ0) is 14.7. The van der Waals surface area contributed by atoms with Crippen LogP contribution in [0.15, 0.2) is 28.7 Å². The Labute approximate surface area is 132 Å². The van der Waals surface area contributed by atoms with Crippen molar-refractivity contribution in [1.82, 2.24) is 4.90 Å². The second-order valence-electron chi connectivity index (χ2n) is 5.15. The number of carbonyl (C=O) groups excluding carboxylic acids is 2. The summed E-state index contributed by atoms with van der Waals surface area (Å²) in [6, 6.07) is 8.16. The first-order chi connectivity index (χ1) is 9.47. The molecule has 0 aromatic heterocycles. The van der Waals surface area contributed by atoms with Crippen molar-refractivity contribution in [1.29, 1.82) is 0 Å². The smallest absolute Gasteiger partial charge is 0.223 e. The topological polar surface area (TPSA) is 37.4 Å². The summed E-state index contributed by atoms with van der Waals surface area (Å²) in [5.41, 5.74) is 1.14. The van der Waals surface area contributed by atoms with Gasteiger partial charge in [0.15, 0.2) is 5.12 Å². The number of carbonyl (C=O) groups is 2. The Balaban J connectivity index is 2.00. The Morgan fingerprint density at radius 1 is 1.45 bits per heavy atom. The molecular weight excluding hydrogens is 338 g/mol. The highest BCUT2D eigenvalue weighted by molar-refractivity contribution is 9.10. The quantitative estimate of drug-likeness (QED) is 0.827. The van der Waals surface area contributed by atoms with Crippen LogP contribution in [0, 0.1) is 5.92 Å². The molecule has 1 aliphatic heterocycles. The molecule has 1 amide bonds. The number of halogens is 1. The van der Waals surface area contributed by atoms with Gasteiger partial charge in [-0.15, -0.1) is 0 Å². The predicted molar refractivity (Wildman–Crippen MR) is 85.5 cm³/mol. The first-order valence-electron chi connectivity index (χ1n) is 6.65. The first-order valence-corrected chi connectivity index (χ1v) is 8.43. The molecule has 2 rings (SSSR count). The van der Waals surface area contributed by atoms with Gasteiger partial charge in [0.2, 0.25) is 5.91 Å². The number of benzene rings is 1. The molecule has 2 atom stereocenters. The Hall–Kier alpha value is -0.810. The van der Waals surface area contributed by atoms with Crippen LogP contribution in [-0.4, -0.2) is 28.2 Å². The fourth-order valence-electron chi connectivity index (χ4n) is 2.45. The number of hydrogen-bond acceptors (Lipinski definition) is 3. The summed E-state index contributed by atoms with van der Waals surface area (Å²) < 4.78 is 1.04. The minimum atomic E-state index is 0.0860. The fourth-order valence-corrected chi connectivity index (χ4v) is 3.41. The molecule has 0 aliphatic carbocycles. The van der Waals surface area contributed by atoms with Crippen LogP contribution in [-0.2, 0) is 9.59 Å². The minimum absolute atomic E-state index is 0.0860. The molecule has 108 valence electrons. The zero-order valence-electron chi connectivity index (χ0n) is 11.6. The standard InChI is InChI=1S/C15H18BrNO2S/c1-10(13-3-5-14(16)6-4-13)17-8-12(7-15(17)19)9-20-11(2)18/h3-6,10,12H,7-9H2,1-2H3. The summed E-state index contributed by atoms with van der Waals surface area (Å²) in [5.74, 6) is 1.22. The third kappa shape index (κ3) is 3.85. The number of hydrogen-bond donors (Lipinski definition) is 0. The number of likely N-dealkylation sites (tertiary alicyclic amines) is 1. The van der Waals surface area contributed by atoms with Crippen molar-refractivity contribution in [2.24, 2.45) is 5.92 Å². The summed E-state index contributed by atoms with van der Waals surface area (Å²) in [7, 11) is 0. The van der Waals surface area contributed by atoms with E-state index in [2.05, 4.69) is 22.9 Å². The van der Waals surface area contributed by atoms with Crippen LogP contribution in [0.4, 0.5) is 0 Å². The lowest BCUT2D eigenvalue weighted by Crippen LogP contribution is -2.28. The lowest BCUT2D eigenvalue weighted by atomic mass is 10.1. The third-order valence-electron chi connectivity index (χ3n) is 3.58. The largest absolute Gasteiger partial charge is 0.336 e. The van der Waals surface area contributed by atoms with Gasteiger partial charge in [0.1, 0.15) is 0 Å². The van der Waals surface area contributed by atoms with Gasteiger partial charge in [0, 0.05) is 30.1 Å². The average molecular weight is 356 g/mol. The molecule has 0 N–H and O–H groups in total. The molecule has 1 fully saturated rings. The second kappa shape index (κ2) is 6.76. The monoisotopic (exact) mass is 355 g/mol. The van der Waals surface area contributed by atoms with Crippen molar-refractivity contribution < 1.29 is 9.59 Å². The van der Waals surface area contributed by atoms with Crippen molar-refractivity contribution in [3.8, 4) is 0 Å². The SMILES string of the molecule is CC(=O)SCC1CC(=O)N(C(C)c2ccc(Br)cc2)C1. The summed E-state index contributed by atoms with van der Waals surface area (Å²) >= 11 is 4.74. The van der Waals surface area contributed by atoms with Crippen LogP contribution < -0.4 is 0 Å². The maximum absolute atomic E-state index is 12.1. The lowest BCUT2D eigenvalue weighted by molar-refractivity contribution is -0.129. The Morgan fingerprint density at radius 2 is 2.10 bits per heavy atom. The predicted octanol–water partition coefficient (Wildman–Crippen LogP) is 3.64. The van der Waals surface area contributed by atoms with Gasteiger partial charge in [-0.3, -0.25) is 9.59 Å². The van der Waals surface area contributed by atoms with Crippen LogP contribution in [0.1, 0.15) is 31.9 Å². The molecule has 20 heavy (non-hydrogen) atoms. The van der Waals surface area contributed by atoms with E-state index in [0.29, 0.717) is 6.42 Å². The highest BCUT2D eigenvalue weighted by Gasteiger charge is 2.33. The average Bonchev–Trinajstić information content (AvgIpc) is 2.78. The molecule has 3 nitrogen and oxygen atoms in total. The Kier molecular flexibility index (Phi) is 5.27. The van der Waals surface area contributed by atoms with Gasteiger partial charge < -0.3 is 4.90 Å². The molecular formula is C15H18BrNO2S. The highest BCUT2D eigenvalue weighted by Crippen LogP contribution is 2.30. The molecule has 0 radical (unpaired) electrons. The van der Waals surface area contributed by atoms with Gasteiger partial charge in [-0.25, -0.2) is 0 Å². The van der Waals surface area contributed by atoms with E-state index in [1.54, 1.807) is 6.92 Å².